The van der Waals surface area contributed by atoms with Gasteiger partial charge in [-0.2, -0.15) is 0 Å². The van der Waals surface area contributed by atoms with E-state index < -0.39 is 28.5 Å². The second kappa shape index (κ2) is 13.0. The lowest BCUT2D eigenvalue weighted by Crippen LogP contribution is -2.53. The summed E-state index contributed by atoms with van der Waals surface area (Å²) >= 11 is 0. The van der Waals surface area contributed by atoms with E-state index in [2.05, 4.69) is 5.32 Å². The maximum atomic E-state index is 13.9. The highest BCUT2D eigenvalue weighted by Crippen LogP contribution is 2.35. The normalized spacial score (nSPS) is 14.3. The molecule has 0 unspecified atom stereocenters. The summed E-state index contributed by atoms with van der Waals surface area (Å²) in [6.45, 7) is 9.70. The number of nitrogens with zero attached hydrogens (tertiary/aromatic N) is 2. The number of anilines is 1. The van der Waals surface area contributed by atoms with Crippen molar-refractivity contribution in [3.8, 4) is 11.5 Å². The van der Waals surface area contributed by atoms with E-state index in [0.717, 1.165) is 21.9 Å². The molecule has 0 aliphatic carbocycles. The number of aryl methyl sites for hydroxylation is 1. The number of amides is 2. The van der Waals surface area contributed by atoms with Crippen molar-refractivity contribution in [1.82, 2.24) is 10.2 Å². The summed E-state index contributed by atoms with van der Waals surface area (Å²) < 4.78 is 38.7. The lowest BCUT2D eigenvalue weighted by Gasteiger charge is -2.34. The Labute approximate surface area is 226 Å². The fourth-order valence-electron chi connectivity index (χ4n) is 4.24. The predicted molar refractivity (Wildman–Crippen MR) is 148 cm³/mol. The highest BCUT2D eigenvalue weighted by atomic mass is 32.2. The van der Waals surface area contributed by atoms with Crippen molar-refractivity contribution in [2.75, 3.05) is 29.8 Å². The number of nitrogens with one attached hydrogen (secondary N) is 1. The van der Waals surface area contributed by atoms with Crippen LogP contribution in [-0.2, 0) is 26.2 Å². The van der Waals surface area contributed by atoms with Crippen LogP contribution in [0.25, 0.3) is 0 Å². The smallest absolute Gasteiger partial charge is 0.244 e. The molecule has 2 aromatic rings. The molecule has 1 aliphatic heterocycles. The van der Waals surface area contributed by atoms with Crippen molar-refractivity contribution >= 4 is 27.5 Å². The maximum absolute atomic E-state index is 13.9. The Hall–Kier alpha value is -3.27. The van der Waals surface area contributed by atoms with Crippen molar-refractivity contribution in [1.29, 1.82) is 0 Å². The summed E-state index contributed by atoms with van der Waals surface area (Å²) in [5.41, 5.74) is 2.17. The van der Waals surface area contributed by atoms with Gasteiger partial charge >= 0.3 is 0 Å². The Morgan fingerprint density at radius 2 is 1.68 bits per heavy atom. The fraction of sp³-hybridized carbons (Fsp3) is 0.500. The average Bonchev–Trinajstić information content (AvgIpc) is 2.92. The van der Waals surface area contributed by atoms with Gasteiger partial charge in [-0.15, -0.1) is 0 Å². The van der Waals surface area contributed by atoms with E-state index in [1.807, 2.05) is 52.0 Å². The van der Waals surface area contributed by atoms with E-state index in [1.165, 1.54) is 11.8 Å². The van der Waals surface area contributed by atoms with Gasteiger partial charge in [-0.1, -0.05) is 38.1 Å². The van der Waals surface area contributed by atoms with Gasteiger partial charge in [0.25, 0.3) is 0 Å². The SMILES string of the molecule is CC[C@H](C)NC(=O)[C@H](CC)N(Cc1ccccc1C)C(=O)CN(c1ccc2c(c1)OCCO2)S(=O)(=O)CC. The molecule has 9 nitrogen and oxygen atoms in total. The number of hydrogen-bond acceptors (Lipinski definition) is 6. The third-order valence-corrected chi connectivity index (χ3v) is 8.52. The van der Waals surface area contributed by atoms with Crippen molar-refractivity contribution in [3.63, 3.8) is 0 Å². The zero-order valence-corrected chi connectivity index (χ0v) is 23.7. The van der Waals surface area contributed by atoms with Crippen LogP contribution in [0.15, 0.2) is 42.5 Å². The Bertz CT molecular complexity index is 1230. The van der Waals surface area contributed by atoms with Crippen molar-refractivity contribution < 1.29 is 27.5 Å². The first-order valence-corrected chi connectivity index (χ1v) is 14.8. The molecule has 208 valence electrons. The van der Waals surface area contributed by atoms with Crippen molar-refractivity contribution in [3.05, 3.63) is 53.6 Å². The number of ether oxygens (including phenoxy) is 2. The molecule has 38 heavy (non-hydrogen) atoms. The van der Waals surface area contributed by atoms with Gasteiger partial charge in [0.05, 0.1) is 11.4 Å². The van der Waals surface area contributed by atoms with Gasteiger partial charge in [-0.05, 0) is 56.9 Å². The molecule has 1 N–H and O–H groups in total. The monoisotopic (exact) mass is 545 g/mol. The molecule has 10 heteroatoms. The number of rotatable bonds is 12. The van der Waals surface area contributed by atoms with E-state index in [4.69, 9.17) is 9.47 Å². The Balaban J connectivity index is 1.99. The summed E-state index contributed by atoms with van der Waals surface area (Å²) in [5, 5.41) is 2.98. The number of fused-ring (bicyclic) bond motifs is 1. The fourth-order valence-corrected chi connectivity index (χ4v) is 5.29. The van der Waals surface area contributed by atoms with Gasteiger partial charge in [-0.25, -0.2) is 8.42 Å². The molecule has 1 heterocycles. The summed E-state index contributed by atoms with van der Waals surface area (Å²) in [7, 11) is -3.84. The number of carbonyl (C=O) groups is 2. The van der Waals surface area contributed by atoms with Crippen molar-refractivity contribution in [2.45, 2.75) is 66.1 Å². The van der Waals surface area contributed by atoms with Crippen LogP contribution in [0.2, 0.25) is 0 Å². The first-order chi connectivity index (χ1) is 18.1. The molecule has 2 amide bonds. The minimum Gasteiger partial charge on any atom is -0.486 e. The van der Waals surface area contributed by atoms with E-state index in [1.54, 1.807) is 18.2 Å². The van der Waals surface area contributed by atoms with E-state index in [9.17, 15) is 18.0 Å². The Morgan fingerprint density at radius 3 is 2.32 bits per heavy atom. The molecule has 1 aliphatic rings. The second-order valence-electron chi connectivity index (χ2n) is 9.43. The summed E-state index contributed by atoms with van der Waals surface area (Å²) in [6.07, 6.45) is 1.13. The van der Waals surface area contributed by atoms with E-state index >= 15 is 0 Å². The molecule has 0 bridgehead atoms. The van der Waals surface area contributed by atoms with Gasteiger partial charge in [0.15, 0.2) is 11.5 Å². The molecule has 0 fully saturated rings. The minimum atomic E-state index is -3.84. The van der Waals surface area contributed by atoms with Gasteiger partial charge in [0.2, 0.25) is 21.8 Å². The molecular formula is C28H39N3O6S. The zero-order chi connectivity index (χ0) is 27.9. The number of hydrogen-bond donors (Lipinski definition) is 1. The highest BCUT2D eigenvalue weighted by Gasteiger charge is 2.33. The van der Waals surface area contributed by atoms with Crippen LogP contribution < -0.4 is 19.1 Å². The molecule has 2 atom stereocenters. The average molecular weight is 546 g/mol. The van der Waals surface area contributed by atoms with Crippen LogP contribution in [-0.4, -0.2) is 62.7 Å². The predicted octanol–water partition coefficient (Wildman–Crippen LogP) is 3.64. The van der Waals surface area contributed by atoms with Gasteiger partial charge < -0.3 is 19.7 Å². The molecule has 0 spiro atoms. The molecule has 0 aromatic heterocycles. The lowest BCUT2D eigenvalue weighted by atomic mass is 10.1. The van der Waals surface area contributed by atoms with Gasteiger partial charge in [0.1, 0.15) is 25.8 Å². The molecule has 0 radical (unpaired) electrons. The largest absolute Gasteiger partial charge is 0.486 e. The van der Waals surface area contributed by atoms with Crippen LogP contribution in [0.4, 0.5) is 5.69 Å². The van der Waals surface area contributed by atoms with E-state index in [0.29, 0.717) is 36.8 Å². The van der Waals surface area contributed by atoms with Crippen LogP contribution in [0.5, 0.6) is 11.5 Å². The second-order valence-corrected chi connectivity index (χ2v) is 11.6. The van der Waals surface area contributed by atoms with Crippen LogP contribution in [0, 0.1) is 6.92 Å². The lowest BCUT2D eigenvalue weighted by molar-refractivity contribution is -0.140. The van der Waals surface area contributed by atoms with Crippen LogP contribution in [0.3, 0.4) is 0 Å². The first kappa shape index (κ1) is 29.3. The number of benzene rings is 2. The zero-order valence-electron chi connectivity index (χ0n) is 22.9. The van der Waals surface area contributed by atoms with Gasteiger partial charge in [-0.3, -0.25) is 13.9 Å². The quantitative estimate of drug-likeness (QED) is 0.437. The molecule has 2 aromatic carbocycles. The van der Waals surface area contributed by atoms with E-state index in [-0.39, 0.29) is 24.2 Å². The summed E-state index contributed by atoms with van der Waals surface area (Å²) in [4.78, 5) is 28.7. The van der Waals surface area contributed by atoms with Crippen molar-refractivity contribution in [2.24, 2.45) is 0 Å². The number of carbonyl (C=O) groups excluding carboxylic acids is 2. The maximum Gasteiger partial charge on any atom is 0.244 e. The molecule has 0 saturated heterocycles. The third-order valence-electron chi connectivity index (χ3n) is 6.78. The molecule has 3 rings (SSSR count). The minimum absolute atomic E-state index is 0.0540. The summed E-state index contributed by atoms with van der Waals surface area (Å²) in [5.74, 6) is 0.0279. The topological polar surface area (TPSA) is 105 Å². The number of sulfonamides is 1. The third kappa shape index (κ3) is 6.98. The first-order valence-electron chi connectivity index (χ1n) is 13.2. The summed E-state index contributed by atoms with van der Waals surface area (Å²) in [6, 6.07) is 11.7. The highest BCUT2D eigenvalue weighted by molar-refractivity contribution is 7.92. The van der Waals surface area contributed by atoms with Crippen LogP contribution in [0.1, 0.15) is 51.7 Å². The van der Waals surface area contributed by atoms with Crippen LogP contribution >= 0.6 is 0 Å². The standard InChI is InChI=1S/C28H39N3O6S/c1-6-21(5)29-28(33)24(7-2)30(18-22-12-10-9-11-20(22)4)27(32)19-31(38(34,35)8-3)23-13-14-25-26(17-23)37-16-15-36-25/h9-14,17,21,24H,6-8,15-16,18-19H2,1-5H3,(H,29,33)/t21-,24-/m0/s1. The van der Waals surface area contributed by atoms with Gasteiger partial charge in [0, 0.05) is 18.7 Å². The Kier molecular flexibility index (Phi) is 10.0. The molecule has 0 saturated carbocycles. The molecular weight excluding hydrogens is 506 g/mol. The Morgan fingerprint density at radius 1 is 1.00 bits per heavy atom.